The van der Waals surface area contributed by atoms with Gasteiger partial charge in [0.1, 0.15) is 17.4 Å². The molecule has 0 aliphatic carbocycles. The summed E-state index contributed by atoms with van der Waals surface area (Å²) in [5.41, 5.74) is 0. The molecule has 8 heteroatoms. The molecule has 2 fully saturated rings. The van der Waals surface area contributed by atoms with E-state index in [1.807, 2.05) is 17.0 Å². The fourth-order valence-electron chi connectivity index (χ4n) is 3.92. The van der Waals surface area contributed by atoms with E-state index in [9.17, 15) is 4.79 Å². The molecule has 0 bridgehead atoms. The van der Waals surface area contributed by atoms with Crippen LogP contribution in [0.1, 0.15) is 12.8 Å². The van der Waals surface area contributed by atoms with Crippen LogP contribution in [0.3, 0.4) is 0 Å². The molecule has 1 amide bonds. The number of methoxy groups -OCH3 is 1. The average molecular weight is 382 g/mol. The minimum Gasteiger partial charge on any atom is -0.497 e. The number of piperazine rings is 1. The van der Waals surface area contributed by atoms with E-state index in [1.165, 1.54) is 0 Å². The predicted molar refractivity (Wildman–Crippen MR) is 107 cm³/mol. The largest absolute Gasteiger partial charge is 0.497 e. The van der Waals surface area contributed by atoms with Gasteiger partial charge in [0.25, 0.3) is 0 Å². The van der Waals surface area contributed by atoms with Crippen LogP contribution in [-0.2, 0) is 4.79 Å². The highest BCUT2D eigenvalue weighted by Crippen LogP contribution is 2.24. The third kappa shape index (κ3) is 4.00. The molecule has 0 atom stereocenters. The van der Waals surface area contributed by atoms with Gasteiger partial charge in [0.2, 0.25) is 5.91 Å². The SMILES string of the molecule is COc1ccnc(N2CCN(C(=O)C3CCN(c4cnccn4)CC3)CC2)c1. The summed E-state index contributed by atoms with van der Waals surface area (Å²) in [5, 5.41) is 0. The minimum absolute atomic E-state index is 0.106. The second-order valence-electron chi connectivity index (χ2n) is 7.19. The van der Waals surface area contributed by atoms with Crippen molar-refractivity contribution in [2.45, 2.75) is 12.8 Å². The highest BCUT2D eigenvalue weighted by atomic mass is 16.5. The molecule has 8 nitrogen and oxygen atoms in total. The number of hydrogen-bond acceptors (Lipinski definition) is 7. The maximum absolute atomic E-state index is 13.0. The molecular formula is C20H26N6O2. The van der Waals surface area contributed by atoms with Crippen LogP contribution >= 0.6 is 0 Å². The van der Waals surface area contributed by atoms with Crippen molar-refractivity contribution in [3.63, 3.8) is 0 Å². The normalized spacial score (nSPS) is 18.2. The molecule has 0 aromatic carbocycles. The van der Waals surface area contributed by atoms with E-state index in [2.05, 4.69) is 24.8 Å². The number of pyridine rings is 1. The molecular weight excluding hydrogens is 356 g/mol. The number of ether oxygens (including phenoxy) is 1. The number of rotatable bonds is 4. The monoisotopic (exact) mass is 382 g/mol. The highest BCUT2D eigenvalue weighted by molar-refractivity contribution is 5.79. The Morgan fingerprint density at radius 2 is 1.68 bits per heavy atom. The molecule has 0 N–H and O–H groups in total. The van der Waals surface area contributed by atoms with Gasteiger partial charge in [0.15, 0.2) is 0 Å². The summed E-state index contributed by atoms with van der Waals surface area (Å²) in [6, 6.07) is 3.79. The third-order valence-electron chi connectivity index (χ3n) is 5.59. The van der Waals surface area contributed by atoms with Gasteiger partial charge in [-0.3, -0.25) is 9.78 Å². The number of aromatic nitrogens is 3. The van der Waals surface area contributed by atoms with Crippen LogP contribution in [-0.4, -0.2) is 72.1 Å². The molecule has 4 rings (SSSR count). The molecule has 0 spiro atoms. The maximum Gasteiger partial charge on any atom is 0.225 e. The summed E-state index contributed by atoms with van der Waals surface area (Å²) < 4.78 is 5.28. The van der Waals surface area contributed by atoms with Crippen LogP contribution < -0.4 is 14.5 Å². The third-order valence-corrected chi connectivity index (χ3v) is 5.59. The van der Waals surface area contributed by atoms with Gasteiger partial charge >= 0.3 is 0 Å². The molecule has 0 saturated carbocycles. The molecule has 4 heterocycles. The van der Waals surface area contributed by atoms with Crippen LogP contribution in [0.5, 0.6) is 5.75 Å². The summed E-state index contributed by atoms with van der Waals surface area (Å²) >= 11 is 0. The van der Waals surface area contributed by atoms with Crippen LogP contribution in [0.25, 0.3) is 0 Å². The molecule has 2 aromatic heterocycles. The first-order chi connectivity index (χ1) is 13.7. The molecule has 2 aromatic rings. The number of piperidine rings is 1. The zero-order valence-electron chi connectivity index (χ0n) is 16.2. The Bertz CT molecular complexity index is 786. The Morgan fingerprint density at radius 3 is 2.36 bits per heavy atom. The number of nitrogens with zero attached hydrogens (tertiary/aromatic N) is 6. The fraction of sp³-hybridized carbons (Fsp3) is 0.500. The van der Waals surface area contributed by atoms with Gasteiger partial charge < -0.3 is 19.4 Å². The van der Waals surface area contributed by atoms with Crippen molar-refractivity contribution >= 4 is 17.5 Å². The highest BCUT2D eigenvalue weighted by Gasteiger charge is 2.31. The van der Waals surface area contributed by atoms with Crippen LogP contribution in [0.2, 0.25) is 0 Å². The maximum atomic E-state index is 13.0. The number of carbonyl (C=O) groups excluding carboxylic acids is 1. The Labute approximate surface area is 165 Å². The Kier molecular flexibility index (Phi) is 5.55. The van der Waals surface area contributed by atoms with E-state index in [0.717, 1.165) is 69.5 Å². The summed E-state index contributed by atoms with van der Waals surface area (Å²) in [6.07, 6.45) is 8.67. The zero-order chi connectivity index (χ0) is 19.3. The molecule has 2 saturated heterocycles. The number of anilines is 2. The second-order valence-corrected chi connectivity index (χ2v) is 7.19. The summed E-state index contributed by atoms with van der Waals surface area (Å²) in [7, 11) is 1.66. The lowest BCUT2D eigenvalue weighted by Crippen LogP contribution is -2.52. The fourth-order valence-corrected chi connectivity index (χ4v) is 3.92. The van der Waals surface area contributed by atoms with E-state index in [-0.39, 0.29) is 11.8 Å². The second kappa shape index (κ2) is 8.41. The smallest absolute Gasteiger partial charge is 0.225 e. The molecule has 0 unspecified atom stereocenters. The van der Waals surface area contributed by atoms with Crippen molar-refractivity contribution in [2.75, 3.05) is 56.2 Å². The standard InChI is InChI=1S/C20H26N6O2/c1-28-17-2-5-22-18(14-17)25-10-12-26(13-11-25)20(27)16-3-8-24(9-4-16)19-15-21-6-7-23-19/h2,5-7,14-16H,3-4,8-13H2,1H3. The van der Waals surface area contributed by atoms with Gasteiger partial charge in [-0.2, -0.15) is 0 Å². The van der Waals surface area contributed by atoms with E-state index >= 15 is 0 Å². The van der Waals surface area contributed by atoms with Crippen molar-refractivity contribution < 1.29 is 9.53 Å². The average Bonchev–Trinajstić information content (AvgIpc) is 2.79. The van der Waals surface area contributed by atoms with E-state index in [4.69, 9.17) is 4.74 Å². The Balaban J connectivity index is 1.28. The quantitative estimate of drug-likeness (QED) is 0.792. The topological polar surface area (TPSA) is 74.7 Å². The Hall–Kier alpha value is -2.90. The predicted octanol–water partition coefficient (Wildman–Crippen LogP) is 1.45. The van der Waals surface area contributed by atoms with E-state index in [1.54, 1.807) is 31.9 Å². The summed E-state index contributed by atoms with van der Waals surface area (Å²) in [4.78, 5) is 32.3. The van der Waals surface area contributed by atoms with Crippen molar-refractivity contribution in [1.82, 2.24) is 19.9 Å². The number of amides is 1. The zero-order valence-corrected chi connectivity index (χ0v) is 16.2. The van der Waals surface area contributed by atoms with E-state index < -0.39 is 0 Å². The number of carbonyl (C=O) groups is 1. The van der Waals surface area contributed by atoms with Gasteiger partial charge in [0.05, 0.1) is 13.3 Å². The molecule has 2 aliphatic heterocycles. The lowest BCUT2D eigenvalue weighted by atomic mass is 9.95. The molecule has 148 valence electrons. The summed E-state index contributed by atoms with van der Waals surface area (Å²) in [6.45, 7) is 4.77. The van der Waals surface area contributed by atoms with Crippen molar-refractivity contribution in [1.29, 1.82) is 0 Å². The first kappa shape index (κ1) is 18.5. The van der Waals surface area contributed by atoms with Crippen LogP contribution in [0.15, 0.2) is 36.9 Å². The van der Waals surface area contributed by atoms with Crippen LogP contribution in [0.4, 0.5) is 11.6 Å². The number of hydrogen-bond donors (Lipinski definition) is 0. The first-order valence-corrected chi connectivity index (χ1v) is 9.79. The van der Waals surface area contributed by atoms with Crippen LogP contribution in [0, 0.1) is 5.92 Å². The van der Waals surface area contributed by atoms with Crippen molar-refractivity contribution in [3.8, 4) is 5.75 Å². The van der Waals surface area contributed by atoms with Gasteiger partial charge in [-0.05, 0) is 18.9 Å². The first-order valence-electron chi connectivity index (χ1n) is 9.79. The van der Waals surface area contributed by atoms with Gasteiger partial charge in [-0.25, -0.2) is 9.97 Å². The lowest BCUT2D eigenvalue weighted by molar-refractivity contribution is -0.136. The lowest BCUT2D eigenvalue weighted by Gasteiger charge is -2.39. The van der Waals surface area contributed by atoms with Gasteiger partial charge in [-0.15, -0.1) is 0 Å². The summed E-state index contributed by atoms with van der Waals surface area (Å²) in [5.74, 6) is 3.00. The minimum atomic E-state index is 0.106. The van der Waals surface area contributed by atoms with Gasteiger partial charge in [0, 0.05) is 69.8 Å². The molecule has 28 heavy (non-hydrogen) atoms. The van der Waals surface area contributed by atoms with E-state index in [0.29, 0.717) is 0 Å². The molecule has 0 radical (unpaired) electrons. The van der Waals surface area contributed by atoms with Crippen molar-refractivity contribution in [3.05, 3.63) is 36.9 Å². The Morgan fingerprint density at radius 1 is 0.964 bits per heavy atom. The van der Waals surface area contributed by atoms with Crippen molar-refractivity contribution in [2.24, 2.45) is 5.92 Å². The molecule has 2 aliphatic rings. The van der Waals surface area contributed by atoms with Gasteiger partial charge in [-0.1, -0.05) is 0 Å².